The standard InChI is InChI=1S/C33H31F2N3O2/c1-20-9-10-22(17-29(20)34)21(2)37-33(40)25-13-14-31-24(16-25)6-5-15-38(31)19-26-12-11-23(18-30(26)35)27-7-3-4-8-28(27)32(36)39/h3-4,7-14,16-18,21H,5-6,15,19H2,1-2H3,(H2,36,39)(H,37,40). The number of carbonyl (C=O) groups is 2. The van der Waals surface area contributed by atoms with E-state index in [0.29, 0.717) is 45.5 Å². The lowest BCUT2D eigenvalue weighted by Crippen LogP contribution is -2.30. The Labute approximate surface area is 232 Å². The minimum absolute atomic E-state index is 0.230. The lowest BCUT2D eigenvalue weighted by atomic mass is 9.96. The number of nitrogens with two attached hydrogens (primary N) is 1. The Morgan fingerprint density at radius 3 is 2.52 bits per heavy atom. The SMILES string of the molecule is Cc1ccc(C(C)NC(=O)c2ccc3c(c2)CCCN3Cc2ccc(-c3ccccc3C(N)=O)cc2F)cc1F. The van der Waals surface area contributed by atoms with E-state index < -0.39 is 5.91 Å². The fourth-order valence-corrected chi connectivity index (χ4v) is 5.22. The summed E-state index contributed by atoms with van der Waals surface area (Å²) < 4.78 is 29.2. The largest absolute Gasteiger partial charge is 0.367 e. The van der Waals surface area contributed by atoms with E-state index in [4.69, 9.17) is 5.73 Å². The van der Waals surface area contributed by atoms with E-state index >= 15 is 4.39 Å². The average molecular weight is 540 g/mol. The molecule has 1 unspecified atom stereocenters. The molecule has 4 aromatic carbocycles. The Morgan fingerprint density at radius 2 is 1.77 bits per heavy atom. The quantitative estimate of drug-likeness (QED) is 0.282. The van der Waals surface area contributed by atoms with Crippen molar-refractivity contribution >= 4 is 17.5 Å². The number of primary amides is 1. The molecule has 7 heteroatoms. The molecule has 0 saturated heterocycles. The maximum atomic E-state index is 15.3. The highest BCUT2D eigenvalue weighted by molar-refractivity contribution is 5.99. The summed E-state index contributed by atoms with van der Waals surface area (Å²) in [6, 6.07) is 22.1. The van der Waals surface area contributed by atoms with Crippen molar-refractivity contribution in [3.05, 3.63) is 124 Å². The van der Waals surface area contributed by atoms with Crippen molar-refractivity contribution in [2.75, 3.05) is 11.4 Å². The Bertz CT molecular complexity index is 1600. The van der Waals surface area contributed by atoms with Gasteiger partial charge in [0.15, 0.2) is 0 Å². The molecule has 0 radical (unpaired) electrons. The minimum atomic E-state index is -0.559. The second-order valence-corrected chi connectivity index (χ2v) is 10.3. The van der Waals surface area contributed by atoms with Gasteiger partial charge in [-0.3, -0.25) is 9.59 Å². The monoisotopic (exact) mass is 539 g/mol. The molecule has 5 nitrogen and oxygen atoms in total. The number of benzene rings is 4. The number of rotatable bonds is 7. The third-order valence-electron chi connectivity index (χ3n) is 7.52. The first-order chi connectivity index (χ1) is 19.2. The molecule has 5 rings (SSSR count). The number of fused-ring (bicyclic) bond motifs is 1. The molecule has 2 amide bonds. The zero-order valence-corrected chi connectivity index (χ0v) is 22.5. The maximum Gasteiger partial charge on any atom is 0.251 e. The fraction of sp³-hybridized carbons (Fsp3) is 0.212. The van der Waals surface area contributed by atoms with Gasteiger partial charge in [0, 0.05) is 35.5 Å². The van der Waals surface area contributed by atoms with Crippen molar-refractivity contribution in [2.45, 2.75) is 39.3 Å². The third kappa shape index (κ3) is 5.59. The van der Waals surface area contributed by atoms with E-state index in [1.54, 1.807) is 55.5 Å². The van der Waals surface area contributed by atoms with Crippen molar-refractivity contribution in [1.82, 2.24) is 5.32 Å². The molecule has 0 fully saturated rings. The van der Waals surface area contributed by atoms with Gasteiger partial charge in [-0.15, -0.1) is 0 Å². The predicted octanol–water partition coefficient (Wildman–Crippen LogP) is 6.48. The molecule has 0 spiro atoms. The van der Waals surface area contributed by atoms with Crippen LogP contribution in [0.2, 0.25) is 0 Å². The molecular weight excluding hydrogens is 508 g/mol. The van der Waals surface area contributed by atoms with Crippen LogP contribution in [0.25, 0.3) is 11.1 Å². The van der Waals surface area contributed by atoms with Crippen molar-refractivity contribution in [3.8, 4) is 11.1 Å². The van der Waals surface area contributed by atoms with Gasteiger partial charge in [0.05, 0.1) is 6.04 Å². The van der Waals surface area contributed by atoms with Crippen LogP contribution in [-0.4, -0.2) is 18.4 Å². The molecule has 204 valence electrons. The van der Waals surface area contributed by atoms with Gasteiger partial charge in [0.2, 0.25) is 5.91 Å². The van der Waals surface area contributed by atoms with Crippen molar-refractivity contribution in [2.24, 2.45) is 5.73 Å². The molecular formula is C33H31F2N3O2. The van der Waals surface area contributed by atoms with Crippen molar-refractivity contribution < 1.29 is 18.4 Å². The highest BCUT2D eigenvalue weighted by atomic mass is 19.1. The van der Waals surface area contributed by atoms with Crippen molar-refractivity contribution in [1.29, 1.82) is 0 Å². The Kier molecular flexibility index (Phi) is 7.65. The van der Waals surface area contributed by atoms with Crippen LogP contribution in [-0.2, 0) is 13.0 Å². The summed E-state index contributed by atoms with van der Waals surface area (Å²) in [5, 5.41) is 2.96. The average Bonchev–Trinajstić information content (AvgIpc) is 2.95. The summed E-state index contributed by atoms with van der Waals surface area (Å²) in [5.74, 6) is -1.45. The highest BCUT2D eigenvalue weighted by Gasteiger charge is 2.21. The van der Waals surface area contributed by atoms with Gasteiger partial charge in [0.1, 0.15) is 11.6 Å². The van der Waals surface area contributed by atoms with Crippen LogP contribution in [0.1, 0.15) is 62.4 Å². The van der Waals surface area contributed by atoms with Crippen LogP contribution in [0, 0.1) is 18.6 Å². The number of nitrogens with one attached hydrogen (secondary N) is 1. The molecule has 1 heterocycles. The van der Waals surface area contributed by atoms with Crippen LogP contribution >= 0.6 is 0 Å². The second-order valence-electron chi connectivity index (χ2n) is 10.3. The molecule has 0 aromatic heterocycles. The van der Waals surface area contributed by atoms with Gasteiger partial charge in [-0.2, -0.15) is 0 Å². The number of carbonyl (C=O) groups excluding carboxylic acids is 2. The van der Waals surface area contributed by atoms with E-state index in [1.165, 1.54) is 12.1 Å². The van der Waals surface area contributed by atoms with Gasteiger partial charge in [-0.25, -0.2) is 8.78 Å². The van der Waals surface area contributed by atoms with Gasteiger partial charge in [-0.1, -0.05) is 42.5 Å². The van der Waals surface area contributed by atoms with Crippen LogP contribution in [0.3, 0.4) is 0 Å². The number of aryl methyl sites for hydroxylation is 2. The molecule has 1 aliphatic rings. The molecule has 1 aliphatic heterocycles. The van der Waals surface area contributed by atoms with Crippen LogP contribution < -0.4 is 16.0 Å². The number of anilines is 1. The number of nitrogens with zero attached hydrogens (tertiary/aromatic N) is 1. The van der Waals surface area contributed by atoms with Gasteiger partial charge in [0.25, 0.3) is 5.91 Å². The summed E-state index contributed by atoms with van der Waals surface area (Å²) in [5.41, 5.74) is 11.4. The molecule has 0 aliphatic carbocycles. The number of halogens is 2. The molecule has 3 N–H and O–H groups in total. The summed E-state index contributed by atoms with van der Waals surface area (Å²) in [4.78, 5) is 26.9. The van der Waals surface area contributed by atoms with Crippen molar-refractivity contribution in [3.63, 3.8) is 0 Å². The zero-order chi connectivity index (χ0) is 28.4. The Hall–Kier alpha value is -4.52. The Balaban J connectivity index is 1.32. The summed E-state index contributed by atoms with van der Waals surface area (Å²) >= 11 is 0. The van der Waals surface area contributed by atoms with E-state index in [1.807, 2.05) is 25.1 Å². The Morgan fingerprint density at radius 1 is 0.975 bits per heavy atom. The predicted molar refractivity (Wildman–Crippen MR) is 153 cm³/mol. The van der Waals surface area contributed by atoms with Crippen LogP contribution in [0.15, 0.2) is 78.9 Å². The first-order valence-corrected chi connectivity index (χ1v) is 13.3. The van der Waals surface area contributed by atoms with Gasteiger partial charge in [-0.05, 0) is 90.9 Å². The maximum absolute atomic E-state index is 15.3. The molecule has 0 saturated carbocycles. The van der Waals surface area contributed by atoms with E-state index in [2.05, 4.69) is 10.2 Å². The topological polar surface area (TPSA) is 75.4 Å². The minimum Gasteiger partial charge on any atom is -0.367 e. The fourth-order valence-electron chi connectivity index (χ4n) is 5.22. The van der Waals surface area contributed by atoms with Gasteiger partial charge >= 0.3 is 0 Å². The first kappa shape index (κ1) is 27.1. The normalized spacial score (nSPS) is 13.4. The lowest BCUT2D eigenvalue weighted by molar-refractivity contribution is 0.0938. The molecule has 0 bridgehead atoms. The van der Waals surface area contributed by atoms with Gasteiger partial charge < -0.3 is 16.0 Å². The first-order valence-electron chi connectivity index (χ1n) is 13.3. The van der Waals surface area contributed by atoms with Crippen LogP contribution in [0.4, 0.5) is 14.5 Å². The summed E-state index contributed by atoms with van der Waals surface area (Å²) in [6.45, 7) is 4.67. The summed E-state index contributed by atoms with van der Waals surface area (Å²) in [7, 11) is 0. The molecule has 40 heavy (non-hydrogen) atoms. The van der Waals surface area contributed by atoms with E-state index in [9.17, 15) is 14.0 Å². The number of hydrogen-bond acceptors (Lipinski definition) is 3. The third-order valence-corrected chi connectivity index (χ3v) is 7.52. The van der Waals surface area contributed by atoms with E-state index in [0.717, 1.165) is 30.6 Å². The smallest absolute Gasteiger partial charge is 0.251 e. The second kappa shape index (κ2) is 11.3. The lowest BCUT2D eigenvalue weighted by Gasteiger charge is -2.32. The zero-order valence-electron chi connectivity index (χ0n) is 22.5. The number of amides is 2. The van der Waals surface area contributed by atoms with E-state index in [-0.39, 0.29) is 23.6 Å². The van der Waals surface area contributed by atoms with Crippen LogP contribution in [0.5, 0.6) is 0 Å². The number of hydrogen-bond donors (Lipinski definition) is 2. The highest BCUT2D eigenvalue weighted by Crippen LogP contribution is 2.31. The summed E-state index contributed by atoms with van der Waals surface area (Å²) in [6.07, 6.45) is 1.69. The molecule has 4 aromatic rings. The molecule has 1 atom stereocenters.